The van der Waals surface area contributed by atoms with E-state index in [0.29, 0.717) is 0 Å². The fourth-order valence-electron chi connectivity index (χ4n) is 2.84. The minimum Gasteiger partial charge on any atom is -0.302 e. The van der Waals surface area contributed by atoms with Crippen molar-refractivity contribution in [1.29, 1.82) is 5.26 Å². The number of hydrogen-bond donors (Lipinski definition) is 1. The van der Waals surface area contributed by atoms with Crippen molar-refractivity contribution in [2.24, 2.45) is 0 Å². The molecule has 1 aliphatic heterocycles. The number of nitrogens with zero attached hydrogens (tertiary/aromatic N) is 2. The number of rotatable bonds is 6. The molecule has 0 aromatic heterocycles. The van der Waals surface area contributed by atoms with Crippen LogP contribution < -0.4 is 5.32 Å². The Balaban J connectivity index is 1.81. The highest BCUT2D eigenvalue weighted by atomic mass is 15.1. The maximum Gasteiger partial charge on any atom is 0.106 e. The van der Waals surface area contributed by atoms with E-state index in [1.807, 2.05) is 7.05 Å². The average molecular weight is 257 g/mol. The lowest BCUT2D eigenvalue weighted by atomic mass is 9.92. The van der Waals surface area contributed by atoms with Gasteiger partial charge in [0.1, 0.15) is 5.54 Å². The SMILES string of the molecule is CCC(C#N)(CCCN1Cc2ccccc2C1)NC. The molecule has 1 N–H and O–H groups in total. The quantitative estimate of drug-likeness (QED) is 0.851. The van der Waals surface area contributed by atoms with E-state index in [1.165, 1.54) is 11.1 Å². The zero-order valence-corrected chi connectivity index (χ0v) is 11.9. The fraction of sp³-hybridized carbons (Fsp3) is 0.562. The first-order valence-corrected chi connectivity index (χ1v) is 7.12. The van der Waals surface area contributed by atoms with Crippen molar-refractivity contribution < 1.29 is 0 Å². The van der Waals surface area contributed by atoms with Crippen LogP contribution in [-0.2, 0) is 13.1 Å². The number of benzene rings is 1. The van der Waals surface area contributed by atoms with Gasteiger partial charge in [-0.25, -0.2) is 0 Å². The lowest BCUT2D eigenvalue weighted by Crippen LogP contribution is -2.41. The molecule has 1 aromatic carbocycles. The number of nitrogens with one attached hydrogen (secondary N) is 1. The molecular weight excluding hydrogens is 234 g/mol. The van der Waals surface area contributed by atoms with Gasteiger partial charge in [-0.05, 0) is 44.0 Å². The zero-order valence-electron chi connectivity index (χ0n) is 11.9. The summed E-state index contributed by atoms with van der Waals surface area (Å²) in [5, 5.41) is 12.5. The molecule has 0 saturated carbocycles. The summed E-state index contributed by atoms with van der Waals surface area (Å²) in [4.78, 5) is 2.47. The van der Waals surface area contributed by atoms with Crippen molar-refractivity contribution in [2.75, 3.05) is 13.6 Å². The molecule has 1 heterocycles. The standard InChI is InChI=1S/C16H23N3/c1-3-16(13-17,18-2)9-6-10-19-11-14-7-4-5-8-15(14)12-19/h4-5,7-8,18H,3,6,9-12H2,1-2H3. The van der Waals surface area contributed by atoms with Gasteiger partial charge in [0.25, 0.3) is 0 Å². The lowest BCUT2D eigenvalue weighted by molar-refractivity contribution is 0.262. The molecule has 1 atom stereocenters. The van der Waals surface area contributed by atoms with Gasteiger partial charge in [-0.1, -0.05) is 31.2 Å². The first-order valence-electron chi connectivity index (χ1n) is 7.12. The Morgan fingerprint density at radius 3 is 2.42 bits per heavy atom. The Kier molecular flexibility index (Phi) is 4.57. The molecule has 1 unspecified atom stereocenters. The molecule has 0 bridgehead atoms. The van der Waals surface area contributed by atoms with E-state index in [0.717, 1.165) is 38.9 Å². The van der Waals surface area contributed by atoms with Crippen molar-refractivity contribution >= 4 is 0 Å². The third-order valence-corrected chi connectivity index (χ3v) is 4.28. The average Bonchev–Trinajstić information content (AvgIpc) is 2.87. The summed E-state index contributed by atoms with van der Waals surface area (Å²) in [6, 6.07) is 11.1. The summed E-state index contributed by atoms with van der Waals surface area (Å²) < 4.78 is 0. The van der Waals surface area contributed by atoms with E-state index < -0.39 is 0 Å². The van der Waals surface area contributed by atoms with E-state index in [4.69, 9.17) is 0 Å². The molecule has 0 fully saturated rings. The van der Waals surface area contributed by atoms with Gasteiger partial charge in [0.05, 0.1) is 6.07 Å². The van der Waals surface area contributed by atoms with Gasteiger partial charge in [-0.15, -0.1) is 0 Å². The van der Waals surface area contributed by atoms with Crippen molar-refractivity contribution in [2.45, 2.75) is 44.8 Å². The molecule has 0 radical (unpaired) electrons. The predicted octanol–water partition coefficient (Wildman–Crippen LogP) is 2.67. The first-order chi connectivity index (χ1) is 9.23. The Bertz CT molecular complexity index is 432. The summed E-state index contributed by atoms with van der Waals surface area (Å²) in [6.07, 6.45) is 2.85. The van der Waals surface area contributed by atoms with E-state index in [9.17, 15) is 5.26 Å². The highest BCUT2D eigenvalue weighted by Crippen LogP contribution is 2.23. The molecule has 3 heteroatoms. The Hall–Kier alpha value is -1.37. The van der Waals surface area contributed by atoms with Crippen molar-refractivity contribution in [1.82, 2.24) is 10.2 Å². The maximum absolute atomic E-state index is 9.28. The van der Waals surface area contributed by atoms with Crippen LogP contribution in [0.4, 0.5) is 0 Å². The first kappa shape index (κ1) is 14.0. The second-order valence-corrected chi connectivity index (χ2v) is 5.38. The summed E-state index contributed by atoms with van der Waals surface area (Å²) in [7, 11) is 1.89. The zero-order chi connectivity index (χ0) is 13.7. The maximum atomic E-state index is 9.28. The Morgan fingerprint density at radius 2 is 1.95 bits per heavy atom. The third-order valence-electron chi connectivity index (χ3n) is 4.28. The molecule has 2 rings (SSSR count). The molecule has 0 aliphatic carbocycles. The molecular formula is C16H23N3. The second-order valence-electron chi connectivity index (χ2n) is 5.38. The van der Waals surface area contributed by atoms with E-state index >= 15 is 0 Å². The normalized spacial score (nSPS) is 17.7. The summed E-state index contributed by atoms with van der Waals surface area (Å²) in [5.41, 5.74) is 2.57. The summed E-state index contributed by atoms with van der Waals surface area (Å²) in [5.74, 6) is 0. The summed E-state index contributed by atoms with van der Waals surface area (Å²) >= 11 is 0. The van der Waals surface area contributed by atoms with Gasteiger partial charge in [0.2, 0.25) is 0 Å². The highest BCUT2D eigenvalue weighted by Gasteiger charge is 2.26. The van der Waals surface area contributed by atoms with E-state index in [1.54, 1.807) is 0 Å². The van der Waals surface area contributed by atoms with Gasteiger partial charge >= 0.3 is 0 Å². The molecule has 1 aliphatic rings. The van der Waals surface area contributed by atoms with Crippen LogP contribution in [0, 0.1) is 11.3 Å². The van der Waals surface area contributed by atoms with Crippen molar-refractivity contribution in [3.63, 3.8) is 0 Å². The smallest absolute Gasteiger partial charge is 0.106 e. The number of nitriles is 1. The fourth-order valence-corrected chi connectivity index (χ4v) is 2.84. The molecule has 3 nitrogen and oxygen atoms in total. The van der Waals surface area contributed by atoms with E-state index in [-0.39, 0.29) is 5.54 Å². The Morgan fingerprint density at radius 1 is 1.32 bits per heavy atom. The Labute approximate surface area is 116 Å². The minimum absolute atomic E-state index is 0.341. The molecule has 1 aromatic rings. The third kappa shape index (κ3) is 3.15. The van der Waals surface area contributed by atoms with Crippen LogP contribution in [0.2, 0.25) is 0 Å². The van der Waals surface area contributed by atoms with Gasteiger partial charge in [0, 0.05) is 13.1 Å². The minimum atomic E-state index is -0.341. The van der Waals surface area contributed by atoms with Crippen LogP contribution >= 0.6 is 0 Å². The van der Waals surface area contributed by atoms with Crippen molar-refractivity contribution in [3.05, 3.63) is 35.4 Å². The second kappa shape index (κ2) is 6.18. The van der Waals surface area contributed by atoms with Crippen LogP contribution in [0.15, 0.2) is 24.3 Å². The van der Waals surface area contributed by atoms with E-state index in [2.05, 4.69) is 47.5 Å². The number of fused-ring (bicyclic) bond motifs is 1. The van der Waals surface area contributed by atoms with Gasteiger partial charge in [0.15, 0.2) is 0 Å². The molecule has 102 valence electrons. The molecule has 0 amide bonds. The molecule has 0 saturated heterocycles. The molecule has 0 spiro atoms. The van der Waals surface area contributed by atoms with Crippen molar-refractivity contribution in [3.8, 4) is 6.07 Å². The van der Waals surface area contributed by atoms with Gasteiger partial charge < -0.3 is 5.32 Å². The summed E-state index contributed by atoms with van der Waals surface area (Å²) in [6.45, 7) is 5.26. The van der Waals surface area contributed by atoms with Crippen LogP contribution in [0.25, 0.3) is 0 Å². The largest absolute Gasteiger partial charge is 0.302 e. The van der Waals surface area contributed by atoms with Gasteiger partial charge in [-0.2, -0.15) is 5.26 Å². The van der Waals surface area contributed by atoms with Crippen LogP contribution in [0.1, 0.15) is 37.3 Å². The predicted molar refractivity (Wildman–Crippen MR) is 77.5 cm³/mol. The van der Waals surface area contributed by atoms with Gasteiger partial charge in [-0.3, -0.25) is 4.90 Å². The van der Waals surface area contributed by atoms with Crippen LogP contribution in [0.3, 0.4) is 0 Å². The number of hydrogen-bond acceptors (Lipinski definition) is 3. The van der Waals surface area contributed by atoms with Crippen LogP contribution in [-0.4, -0.2) is 24.0 Å². The monoisotopic (exact) mass is 257 g/mol. The molecule has 19 heavy (non-hydrogen) atoms. The lowest BCUT2D eigenvalue weighted by Gasteiger charge is -2.25. The highest BCUT2D eigenvalue weighted by molar-refractivity contribution is 5.30. The topological polar surface area (TPSA) is 39.1 Å². The van der Waals surface area contributed by atoms with Crippen LogP contribution in [0.5, 0.6) is 0 Å².